The van der Waals surface area contributed by atoms with Crippen LogP contribution < -0.4 is 25.6 Å². The number of anilines is 3. The van der Waals surface area contributed by atoms with E-state index in [2.05, 4.69) is 30.8 Å². The lowest BCUT2D eigenvalue weighted by molar-refractivity contribution is 0.252. The zero-order valence-corrected chi connectivity index (χ0v) is 17.2. The van der Waals surface area contributed by atoms with Gasteiger partial charge in [-0.2, -0.15) is 0 Å². The van der Waals surface area contributed by atoms with Gasteiger partial charge in [0.2, 0.25) is 0 Å². The number of piperidine rings is 1. The number of carbonyl (C=O) groups excluding carboxylic acids is 1. The lowest BCUT2D eigenvalue weighted by Crippen LogP contribution is -2.33. The van der Waals surface area contributed by atoms with Crippen molar-refractivity contribution < 1.29 is 9.53 Å². The van der Waals surface area contributed by atoms with Crippen molar-refractivity contribution >= 4 is 23.4 Å². The Hall–Kier alpha value is -3.03. The van der Waals surface area contributed by atoms with Crippen LogP contribution in [0.15, 0.2) is 30.3 Å². The number of aromatic nitrogens is 2. The van der Waals surface area contributed by atoms with Gasteiger partial charge >= 0.3 is 6.03 Å². The molecule has 2 amide bonds. The summed E-state index contributed by atoms with van der Waals surface area (Å²) < 4.78 is 5.39. The summed E-state index contributed by atoms with van der Waals surface area (Å²) in [6, 6.07) is 9.03. The summed E-state index contributed by atoms with van der Waals surface area (Å²) in [5.74, 6) is 3.29. The van der Waals surface area contributed by atoms with Gasteiger partial charge in [-0.3, -0.25) is 0 Å². The third kappa shape index (κ3) is 6.51. The van der Waals surface area contributed by atoms with Crippen LogP contribution in [0.3, 0.4) is 0 Å². The Bertz CT molecular complexity index is 790. The molecule has 0 aliphatic carbocycles. The van der Waals surface area contributed by atoms with E-state index in [-0.39, 0.29) is 6.03 Å². The van der Waals surface area contributed by atoms with E-state index in [0.717, 1.165) is 42.0 Å². The van der Waals surface area contributed by atoms with Gasteiger partial charge in [0.15, 0.2) is 0 Å². The second kappa shape index (κ2) is 10.5. The summed E-state index contributed by atoms with van der Waals surface area (Å²) in [6.07, 6.45) is 3.70. The number of ether oxygens (including phenoxy) is 1. The van der Waals surface area contributed by atoms with Gasteiger partial charge in [-0.05, 0) is 57.4 Å². The Morgan fingerprint density at radius 3 is 2.59 bits per heavy atom. The molecule has 0 bridgehead atoms. The maximum absolute atomic E-state index is 12.0. The van der Waals surface area contributed by atoms with E-state index >= 15 is 0 Å². The molecule has 0 spiro atoms. The van der Waals surface area contributed by atoms with Crippen LogP contribution in [-0.4, -0.2) is 48.8 Å². The Kier molecular flexibility index (Phi) is 7.49. The quantitative estimate of drug-likeness (QED) is 0.590. The second-order valence-electron chi connectivity index (χ2n) is 6.97. The van der Waals surface area contributed by atoms with Crippen LogP contribution >= 0.6 is 0 Å². The molecule has 8 heteroatoms. The van der Waals surface area contributed by atoms with Crippen LogP contribution in [0.4, 0.5) is 22.1 Å². The van der Waals surface area contributed by atoms with Gasteiger partial charge < -0.3 is 25.6 Å². The molecule has 2 heterocycles. The zero-order valence-electron chi connectivity index (χ0n) is 17.2. The minimum Gasteiger partial charge on any atom is -0.494 e. The van der Waals surface area contributed by atoms with E-state index in [1.807, 2.05) is 44.2 Å². The number of urea groups is 1. The van der Waals surface area contributed by atoms with E-state index in [0.29, 0.717) is 19.7 Å². The van der Waals surface area contributed by atoms with E-state index in [1.165, 1.54) is 19.3 Å². The number of aryl methyl sites for hydroxylation is 1. The maximum Gasteiger partial charge on any atom is 0.319 e. The topological polar surface area (TPSA) is 91.4 Å². The van der Waals surface area contributed by atoms with Gasteiger partial charge in [0.05, 0.1) is 6.61 Å². The first-order chi connectivity index (χ1) is 14.1. The van der Waals surface area contributed by atoms with Gasteiger partial charge in [0.25, 0.3) is 0 Å². The summed E-state index contributed by atoms with van der Waals surface area (Å²) in [4.78, 5) is 23.4. The van der Waals surface area contributed by atoms with Gasteiger partial charge in [-0.1, -0.05) is 0 Å². The highest BCUT2D eigenvalue weighted by molar-refractivity contribution is 5.89. The number of nitrogens with one attached hydrogen (secondary N) is 3. The van der Waals surface area contributed by atoms with Crippen molar-refractivity contribution in [1.29, 1.82) is 0 Å². The first kappa shape index (κ1) is 20.7. The summed E-state index contributed by atoms with van der Waals surface area (Å²) in [5, 5.41) is 8.91. The van der Waals surface area contributed by atoms with Gasteiger partial charge in [0.1, 0.15) is 23.2 Å². The van der Waals surface area contributed by atoms with Crippen molar-refractivity contribution in [1.82, 2.24) is 15.3 Å². The van der Waals surface area contributed by atoms with Crippen molar-refractivity contribution in [2.75, 3.05) is 48.3 Å². The molecule has 3 N–H and O–H groups in total. The normalized spacial score (nSPS) is 13.7. The standard InChI is InChI=1S/C21H30N6O2/c1-3-29-18-9-7-17(8-10-18)26-21(28)23-12-11-22-19-15-20(25-16(2)24-19)27-13-5-4-6-14-27/h7-10,15H,3-6,11-14H2,1-2H3,(H,22,24,25)(H2,23,26,28). The molecular formula is C21H30N6O2. The lowest BCUT2D eigenvalue weighted by Gasteiger charge is -2.28. The molecule has 2 aromatic rings. The Morgan fingerprint density at radius 1 is 1.10 bits per heavy atom. The van der Waals surface area contributed by atoms with Crippen molar-refractivity contribution in [3.8, 4) is 5.75 Å². The average molecular weight is 399 g/mol. The summed E-state index contributed by atoms with van der Waals surface area (Å²) in [7, 11) is 0. The largest absolute Gasteiger partial charge is 0.494 e. The molecule has 0 unspecified atom stereocenters. The fraction of sp³-hybridized carbons (Fsp3) is 0.476. The molecule has 156 valence electrons. The number of amides is 2. The summed E-state index contributed by atoms with van der Waals surface area (Å²) in [5.41, 5.74) is 0.719. The van der Waals surface area contributed by atoms with Gasteiger partial charge in [0, 0.05) is 37.9 Å². The van der Waals surface area contributed by atoms with Crippen LogP contribution in [0, 0.1) is 6.92 Å². The van der Waals surface area contributed by atoms with E-state index in [1.54, 1.807) is 0 Å². The highest BCUT2D eigenvalue weighted by Gasteiger charge is 2.13. The molecule has 0 saturated carbocycles. The smallest absolute Gasteiger partial charge is 0.319 e. The van der Waals surface area contributed by atoms with Crippen LogP contribution in [0.1, 0.15) is 32.0 Å². The zero-order chi connectivity index (χ0) is 20.5. The predicted octanol–water partition coefficient (Wildman–Crippen LogP) is 3.41. The van der Waals surface area contributed by atoms with Crippen molar-refractivity contribution in [2.45, 2.75) is 33.1 Å². The number of hydrogen-bond acceptors (Lipinski definition) is 6. The minimum absolute atomic E-state index is 0.246. The SMILES string of the molecule is CCOc1ccc(NC(=O)NCCNc2cc(N3CCCCC3)nc(C)n2)cc1. The van der Waals surface area contributed by atoms with E-state index < -0.39 is 0 Å². The van der Waals surface area contributed by atoms with Crippen molar-refractivity contribution in [3.63, 3.8) is 0 Å². The number of nitrogens with zero attached hydrogens (tertiary/aromatic N) is 3. The van der Waals surface area contributed by atoms with E-state index in [9.17, 15) is 4.79 Å². The Balaban J connectivity index is 1.42. The molecule has 1 saturated heterocycles. The average Bonchev–Trinajstić information content (AvgIpc) is 2.73. The molecule has 0 radical (unpaired) electrons. The molecule has 1 fully saturated rings. The number of rotatable bonds is 8. The van der Waals surface area contributed by atoms with E-state index in [4.69, 9.17) is 4.74 Å². The first-order valence-electron chi connectivity index (χ1n) is 10.3. The van der Waals surface area contributed by atoms with Gasteiger partial charge in [-0.25, -0.2) is 14.8 Å². The fourth-order valence-corrected chi connectivity index (χ4v) is 3.27. The number of hydrogen-bond donors (Lipinski definition) is 3. The molecule has 3 rings (SSSR count). The Labute approximate surface area is 172 Å². The lowest BCUT2D eigenvalue weighted by atomic mass is 10.1. The fourth-order valence-electron chi connectivity index (χ4n) is 3.27. The summed E-state index contributed by atoms with van der Waals surface area (Å²) in [6.45, 7) is 7.60. The third-order valence-corrected chi connectivity index (χ3v) is 4.64. The monoisotopic (exact) mass is 398 g/mol. The summed E-state index contributed by atoms with van der Waals surface area (Å²) >= 11 is 0. The van der Waals surface area contributed by atoms with Gasteiger partial charge in [-0.15, -0.1) is 0 Å². The highest BCUT2D eigenvalue weighted by atomic mass is 16.5. The highest BCUT2D eigenvalue weighted by Crippen LogP contribution is 2.20. The number of carbonyl (C=O) groups is 1. The Morgan fingerprint density at radius 2 is 1.86 bits per heavy atom. The van der Waals surface area contributed by atoms with Crippen LogP contribution in [0.2, 0.25) is 0 Å². The minimum atomic E-state index is -0.246. The molecule has 1 aromatic carbocycles. The molecule has 1 aliphatic heterocycles. The predicted molar refractivity (Wildman–Crippen MR) is 116 cm³/mol. The van der Waals surface area contributed by atoms with Crippen LogP contribution in [0.5, 0.6) is 5.75 Å². The molecule has 1 aliphatic rings. The van der Waals surface area contributed by atoms with Crippen molar-refractivity contribution in [2.24, 2.45) is 0 Å². The number of benzene rings is 1. The van der Waals surface area contributed by atoms with Crippen molar-refractivity contribution in [3.05, 3.63) is 36.2 Å². The molecule has 1 aromatic heterocycles. The molecule has 8 nitrogen and oxygen atoms in total. The second-order valence-corrected chi connectivity index (χ2v) is 6.97. The third-order valence-electron chi connectivity index (χ3n) is 4.64. The van der Waals surface area contributed by atoms with Crippen LogP contribution in [0.25, 0.3) is 0 Å². The molecule has 0 atom stereocenters. The molecule has 29 heavy (non-hydrogen) atoms. The maximum atomic E-state index is 12.0. The first-order valence-corrected chi connectivity index (χ1v) is 10.3. The van der Waals surface area contributed by atoms with Crippen LogP contribution in [-0.2, 0) is 0 Å². The molecular weight excluding hydrogens is 368 g/mol.